The van der Waals surface area contributed by atoms with Crippen LogP contribution in [-0.4, -0.2) is 18.0 Å². The van der Waals surface area contributed by atoms with Gasteiger partial charge in [-0.05, 0) is 51.0 Å². The third kappa shape index (κ3) is 4.58. The molecule has 0 atom stereocenters. The summed E-state index contributed by atoms with van der Waals surface area (Å²) in [7, 11) is 0. The SMILES string of the molecule is CC(C)(C)NC(N)=NCC1(Cc2ccccc2)CC1. The zero-order valence-corrected chi connectivity index (χ0v) is 12.2. The molecule has 1 aliphatic carbocycles. The van der Waals surface area contributed by atoms with Gasteiger partial charge >= 0.3 is 0 Å². The van der Waals surface area contributed by atoms with Gasteiger partial charge in [0.2, 0.25) is 0 Å². The van der Waals surface area contributed by atoms with Gasteiger partial charge in [0.25, 0.3) is 0 Å². The fourth-order valence-electron chi connectivity index (χ4n) is 2.27. The lowest BCUT2D eigenvalue weighted by Gasteiger charge is -2.21. The predicted molar refractivity (Wildman–Crippen MR) is 81.2 cm³/mol. The van der Waals surface area contributed by atoms with Crippen LogP contribution in [0.1, 0.15) is 39.2 Å². The Labute approximate surface area is 116 Å². The lowest BCUT2D eigenvalue weighted by Crippen LogP contribution is -2.45. The number of guanidine groups is 1. The molecule has 1 aromatic carbocycles. The quantitative estimate of drug-likeness (QED) is 0.645. The van der Waals surface area contributed by atoms with Gasteiger partial charge in [-0.15, -0.1) is 0 Å². The average Bonchev–Trinajstić information content (AvgIpc) is 3.06. The zero-order chi connectivity index (χ0) is 13.9. The minimum absolute atomic E-state index is 0.0241. The van der Waals surface area contributed by atoms with Gasteiger partial charge in [0.15, 0.2) is 5.96 Å². The van der Waals surface area contributed by atoms with Gasteiger partial charge in [-0.25, -0.2) is 0 Å². The molecule has 0 aliphatic heterocycles. The van der Waals surface area contributed by atoms with Gasteiger partial charge in [-0.3, -0.25) is 4.99 Å². The molecule has 2 rings (SSSR count). The van der Waals surface area contributed by atoms with E-state index in [0.717, 1.165) is 13.0 Å². The van der Waals surface area contributed by atoms with E-state index in [1.165, 1.54) is 18.4 Å². The Hall–Kier alpha value is -1.51. The highest BCUT2D eigenvalue weighted by molar-refractivity contribution is 5.78. The molecule has 0 saturated heterocycles. The van der Waals surface area contributed by atoms with E-state index >= 15 is 0 Å². The van der Waals surface area contributed by atoms with Crippen LogP contribution in [-0.2, 0) is 6.42 Å². The van der Waals surface area contributed by atoms with Crippen LogP contribution in [0.25, 0.3) is 0 Å². The van der Waals surface area contributed by atoms with Crippen LogP contribution in [0, 0.1) is 5.41 Å². The van der Waals surface area contributed by atoms with E-state index < -0.39 is 0 Å². The van der Waals surface area contributed by atoms with E-state index in [4.69, 9.17) is 5.73 Å². The van der Waals surface area contributed by atoms with Gasteiger partial charge in [0, 0.05) is 12.1 Å². The minimum atomic E-state index is -0.0241. The molecule has 1 fully saturated rings. The monoisotopic (exact) mass is 259 g/mol. The molecular formula is C16H25N3. The molecule has 0 radical (unpaired) electrons. The molecule has 19 heavy (non-hydrogen) atoms. The maximum absolute atomic E-state index is 5.93. The second-order valence-corrected chi connectivity index (χ2v) is 6.74. The molecule has 0 heterocycles. The molecule has 0 bridgehead atoms. The smallest absolute Gasteiger partial charge is 0.189 e. The second kappa shape index (κ2) is 5.24. The van der Waals surface area contributed by atoms with Crippen molar-refractivity contribution in [2.24, 2.45) is 16.1 Å². The molecule has 1 saturated carbocycles. The minimum Gasteiger partial charge on any atom is -0.370 e. The lowest BCUT2D eigenvalue weighted by molar-refractivity contribution is 0.496. The number of rotatable bonds is 4. The Kier molecular flexibility index (Phi) is 3.83. The number of nitrogens with two attached hydrogens (primary N) is 1. The Morgan fingerprint density at radius 1 is 1.26 bits per heavy atom. The van der Waals surface area contributed by atoms with Crippen LogP contribution in [0.4, 0.5) is 0 Å². The molecular weight excluding hydrogens is 234 g/mol. The Morgan fingerprint density at radius 2 is 1.89 bits per heavy atom. The number of nitrogens with zero attached hydrogens (tertiary/aromatic N) is 1. The molecule has 0 amide bonds. The third-order valence-corrected chi connectivity index (χ3v) is 3.47. The van der Waals surface area contributed by atoms with Crippen LogP contribution in [0.15, 0.2) is 35.3 Å². The lowest BCUT2D eigenvalue weighted by atomic mass is 9.97. The average molecular weight is 259 g/mol. The van der Waals surface area contributed by atoms with Crippen LogP contribution in [0.3, 0.4) is 0 Å². The van der Waals surface area contributed by atoms with E-state index in [1.807, 2.05) is 0 Å². The first-order chi connectivity index (χ1) is 8.89. The number of hydrogen-bond acceptors (Lipinski definition) is 1. The summed E-state index contributed by atoms with van der Waals surface area (Å²) in [4.78, 5) is 4.52. The maximum atomic E-state index is 5.93. The van der Waals surface area contributed by atoms with Crippen molar-refractivity contribution in [2.45, 2.75) is 45.6 Å². The topological polar surface area (TPSA) is 50.4 Å². The van der Waals surface area contributed by atoms with Crippen molar-refractivity contribution in [3.8, 4) is 0 Å². The molecule has 0 spiro atoms. The highest BCUT2D eigenvalue weighted by Crippen LogP contribution is 2.48. The zero-order valence-electron chi connectivity index (χ0n) is 12.2. The van der Waals surface area contributed by atoms with E-state index in [-0.39, 0.29) is 5.54 Å². The van der Waals surface area contributed by atoms with Crippen LogP contribution in [0.2, 0.25) is 0 Å². The summed E-state index contributed by atoms with van der Waals surface area (Å²) >= 11 is 0. The van der Waals surface area contributed by atoms with Crippen LogP contribution in [0.5, 0.6) is 0 Å². The molecule has 3 heteroatoms. The Bertz CT molecular complexity index is 439. The molecule has 3 nitrogen and oxygen atoms in total. The van der Waals surface area contributed by atoms with Crippen molar-refractivity contribution in [3.05, 3.63) is 35.9 Å². The van der Waals surface area contributed by atoms with E-state index in [1.54, 1.807) is 0 Å². The summed E-state index contributed by atoms with van der Waals surface area (Å²) in [5, 5.41) is 3.21. The van der Waals surface area contributed by atoms with Gasteiger partial charge < -0.3 is 11.1 Å². The fourth-order valence-corrected chi connectivity index (χ4v) is 2.27. The van der Waals surface area contributed by atoms with Gasteiger partial charge in [0.05, 0.1) is 0 Å². The molecule has 0 unspecified atom stereocenters. The molecule has 0 aromatic heterocycles. The summed E-state index contributed by atoms with van der Waals surface area (Å²) in [5.74, 6) is 0.562. The van der Waals surface area contributed by atoms with Gasteiger partial charge in [-0.1, -0.05) is 30.3 Å². The van der Waals surface area contributed by atoms with Gasteiger partial charge in [-0.2, -0.15) is 0 Å². The number of nitrogens with one attached hydrogen (secondary N) is 1. The van der Waals surface area contributed by atoms with Crippen LogP contribution >= 0.6 is 0 Å². The standard InChI is InChI=1S/C16H25N3/c1-15(2,3)19-14(17)18-12-16(9-10-16)11-13-7-5-4-6-8-13/h4-8H,9-12H2,1-3H3,(H3,17,18,19). The molecule has 1 aromatic rings. The van der Waals surface area contributed by atoms with Crippen LogP contribution < -0.4 is 11.1 Å². The molecule has 1 aliphatic rings. The van der Waals surface area contributed by atoms with E-state index in [0.29, 0.717) is 11.4 Å². The van der Waals surface area contributed by atoms with E-state index in [9.17, 15) is 0 Å². The number of benzene rings is 1. The van der Waals surface area contributed by atoms with Crippen molar-refractivity contribution in [2.75, 3.05) is 6.54 Å². The van der Waals surface area contributed by atoms with Crippen molar-refractivity contribution < 1.29 is 0 Å². The number of hydrogen-bond donors (Lipinski definition) is 2. The van der Waals surface area contributed by atoms with Crippen molar-refractivity contribution >= 4 is 5.96 Å². The fraction of sp³-hybridized carbons (Fsp3) is 0.562. The first kappa shape index (κ1) is 13.9. The predicted octanol–water partition coefficient (Wildman–Crippen LogP) is 2.71. The summed E-state index contributed by atoms with van der Waals surface area (Å²) < 4.78 is 0. The largest absolute Gasteiger partial charge is 0.370 e. The normalized spacial score (nSPS) is 18.2. The summed E-state index contributed by atoms with van der Waals surface area (Å²) in [6, 6.07) is 10.7. The van der Waals surface area contributed by atoms with E-state index in [2.05, 4.69) is 61.4 Å². The highest BCUT2D eigenvalue weighted by atomic mass is 15.1. The summed E-state index contributed by atoms with van der Waals surface area (Å²) in [6.07, 6.45) is 3.63. The summed E-state index contributed by atoms with van der Waals surface area (Å²) in [6.45, 7) is 7.10. The second-order valence-electron chi connectivity index (χ2n) is 6.74. The Morgan fingerprint density at radius 3 is 2.42 bits per heavy atom. The molecule has 3 N–H and O–H groups in total. The third-order valence-electron chi connectivity index (χ3n) is 3.47. The molecule has 104 valence electrons. The summed E-state index contributed by atoms with van der Waals surface area (Å²) in [5.41, 5.74) is 7.66. The van der Waals surface area contributed by atoms with Crippen molar-refractivity contribution in [1.82, 2.24) is 5.32 Å². The number of aliphatic imine (C=N–C) groups is 1. The van der Waals surface area contributed by atoms with Gasteiger partial charge in [0.1, 0.15) is 0 Å². The highest BCUT2D eigenvalue weighted by Gasteiger charge is 2.42. The van der Waals surface area contributed by atoms with Crippen molar-refractivity contribution in [1.29, 1.82) is 0 Å². The van der Waals surface area contributed by atoms with Crippen molar-refractivity contribution in [3.63, 3.8) is 0 Å². The first-order valence-electron chi connectivity index (χ1n) is 7.01. The first-order valence-corrected chi connectivity index (χ1v) is 7.01. The Balaban J connectivity index is 1.90. The maximum Gasteiger partial charge on any atom is 0.189 e.